The van der Waals surface area contributed by atoms with Gasteiger partial charge in [-0.2, -0.15) is 5.10 Å². The topological polar surface area (TPSA) is 81.3 Å². The molecule has 2 heterocycles. The molecule has 1 aromatic rings. The third kappa shape index (κ3) is 3.30. The molecular weight excluding hydrogens is 248 g/mol. The van der Waals surface area contributed by atoms with Crippen LogP contribution in [-0.4, -0.2) is 38.1 Å². The Morgan fingerprint density at radius 3 is 3.00 bits per heavy atom. The lowest BCUT2D eigenvalue weighted by Crippen LogP contribution is -2.42. The average molecular weight is 266 g/mol. The van der Waals surface area contributed by atoms with Gasteiger partial charge in [0.25, 0.3) is 0 Å². The summed E-state index contributed by atoms with van der Waals surface area (Å²) < 4.78 is 1.45. The molecule has 0 spiro atoms. The number of likely N-dealkylation sites (tertiary alicyclic amines) is 1. The fourth-order valence-corrected chi connectivity index (χ4v) is 2.39. The molecule has 1 aliphatic heterocycles. The zero-order valence-electron chi connectivity index (χ0n) is 11.0. The Balaban J connectivity index is 1.87. The van der Waals surface area contributed by atoms with E-state index in [9.17, 15) is 14.9 Å². The Labute approximate surface area is 111 Å². The van der Waals surface area contributed by atoms with E-state index in [-0.39, 0.29) is 11.6 Å². The predicted octanol–water partition coefficient (Wildman–Crippen LogP) is 1.58. The highest BCUT2D eigenvalue weighted by molar-refractivity contribution is 5.76. The summed E-state index contributed by atoms with van der Waals surface area (Å²) in [5, 5.41) is 14.4. The highest BCUT2D eigenvalue weighted by Gasteiger charge is 2.22. The molecule has 0 radical (unpaired) electrons. The molecule has 0 bridgehead atoms. The number of aryl methyl sites for hydroxylation is 1. The Morgan fingerprint density at radius 2 is 2.37 bits per heavy atom. The minimum Gasteiger partial charge on any atom is -0.340 e. The number of hydrogen-bond donors (Lipinski definition) is 0. The van der Waals surface area contributed by atoms with E-state index in [1.54, 1.807) is 0 Å². The van der Waals surface area contributed by atoms with E-state index in [1.807, 2.05) is 4.90 Å². The van der Waals surface area contributed by atoms with Gasteiger partial charge < -0.3 is 4.90 Å². The van der Waals surface area contributed by atoms with Gasteiger partial charge in [0, 0.05) is 25.6 Å². The number of carbonyl (C=O) groups is 1. The van der Waals surface area contributed by atoms with Crippen LogP contribution >= 0.6 is 0 Å². The first kappa shape index (κ1) is 13.5. The van der Waals surface area contributed by atoms with Crippen LogP contribution in [0.2, 0.25) is 0 Å². The Bertz CT molecular complexity index is 471. The summed E-state index contributed by atoms with van der Waals surface area (Å²) >= 11 is 0. The minimum absolute atomic E-state index is 0.0428. The lowest BCUT2D eigenvalue weighted by molar-refractivity contribution is -0.385. The maximum absolute atomic E-state index is 12.1. The van der Waals surface area contributed by atoms with E-state index in [2.05, 4.69) is 12.0 Å². The molecule has 1 saturated heterocycles. The summed E-state index contributed by atoms with van der Waals surface area (Å²) in [5.41, 5.74) is -0.0428. The maximum atomic E-state index is 12.1. The van der Waals surface area contributed by atoms with Crippen molar-refractivity contribution in [2.75, 3.05) is 6.54 Å². The van der Waals surface area contributed by atoms with Gasteiger partial charge in [-0.15, -0.1) is 0 Å². The molecular formula is C12H18N4O3. The first-order valence-electron chi connectivity index (χ1n) is 6.54. The summed E-state index contributed by atoms with van der Waals surface area (Å²) in [6.07, 6.45) is 6.18. The third-order valence-electron chi connectivity index (χ3n) is 3.51. The third-order valence-corrected chi connectivity index (χ3v) is 3.51. The van der Waals surface area contributed by atoms with Crippen molar-refractivity contribution in [2.24, 2.45) is 0 Å². The molecule has 1 aliphatic rings. The van der Waals surface area contributed by atoms with Crippen molar-refractivity contribution in [1.29, 1.82) is 0 Å². The fraction of sp³-hybridized carbons (Fsp3) is 0.667. The van der Waals surface area contributed by atoms with Crippen LogP contribution in [0.4, 0.5) is 5.69 Å². The molecule has 19 heavy (non-hydrogen) atoms. The molecule has 1 atom stereocenters. The maximum Gasteiger partial charge on any atom is 0.306 e. The van der Waals surface area contributed by atoms with Crippen molar-refractivity contribution >= 4 is 11.6 Å². The van der Waals surface area contributed by atoms with E-state index in [0.717, 1.165) is 19.4 Å². The second-order valence-corrected chi connectivity index (χ2v) is 4.90. The van der Waals surface area contributed by atoms with E-state index >= 15 is 0 Å². The largest absolute Gasteiger partial charge is 0.340 e. The average Bonchev–Trinajstić information content (AvgIpc) is 2.85. The van der Waals surface area contributed by atoms with Crippen molar-refractivity contribution in [3.05, 3.63) is 22.5 Å². The highest BCUT2D eigenvalue weighted by atomic mass is 16.6. The summed E-state index contributed by atoms with van der Waals surface area (Å²) in [6.45, 7) is 3.27. The first-order chi connectivity index (χ1) is 9.08. The van der Waals surface area contributed by atoms with Crippen LogP contribution in [0.1, 0.15) is 32.6 Å². The number of nitro groups is 1. The zero-order valence-corrected chi connectivity index (χ0v) is 11.0. The van der Waals surface area contributed by atoms with Crippen LogP contribution in [0.25, 0.3) is 0 Å². The van der Waals surface area contributed by atoms with Gasteiger partial charge in [0.15, 0.2) is 0 Å². The van der Waals surface area contributed by atoms with Crippen molar-refractivity contribution in [1.82, 2.24) is 14.7 Å². The molecule has 1 aromatic heterocycles. The van der Waals surface area contributed by atoms with Gasteiger partial charge in [-0.25, -0.2) is 0 Å². The lowest BCUT2D eigenvalue weighted by atomic mass is 10.0. The first-order valence-corrected chi connectivity index (χ1v) is 6.54. The molecule has 2 rings (SSSR count). The van der Waals surface area contributed by atoms with Gasteiger partial charge >= 0.3 is 5.69 Å². The predicted molar refractivity (Wildman–Crippen MR) is 68.5 cm³/mol. The zero-order chi connectivity index (χ0) is 13.8. The van der Waals surface area contributed by atoms with E-state index in [4.69, 9.17) is 0 Å². The van der Waals surface area contributed by atoms with Crippen LogP contribution < -0.4 is 0 Å². The van der Waals surface area contributed by atoms with Gasteiger partial charge in [-0.3, -0.25) is 19.6 Å². The van der Waals surface area contributed by atoms with Crippen molar-refractivity contribution in [2.45, 2.75) is 45.2 Å². The highest BCUT2D eigenvalue weighted by Crippen LogP contribution is 2.17. The van der Waals surface area contributed by atoms with Gasteiger partial charge in [0.2, 0.25) is 5.91 Å². The van der Waals surface area contributed by atoms with Crippen LogP contribution in [-0.2, 0) is 11.3 Å². The SMILES string of the molecule is C[C@H]1CCCCN1C(=O)CCn1cc([N+](=O)[O-])cn1. The molecule has 7 nitrogen and oxygen atoms in total. The van der Waals surface area contributed by atoms with Crippen molar-refractivity contribution < 1.29 is 9.72 Å². The van der Waals surface area contributed by atoms with Gasteiger partial charge in [-0.1, -0.05) is 0 Å². The van der Waals surface area contributed by atoms with Crippen LogP contribution in [0.15, 0.2) is 12.4 Å². The number of rotatable bonds is 4. The standard InChI is InChI=1S/C12H18N4O3/c1-10-4-2-3-6-15(10)12(17)5-7-14-9-11(8-13-14)16(18)19/h8-10H,2-7H2,1H3/t10-/m0/s1. The normalized spacial score (nSPS) is 19.4. The molecule has 0 aliphatic carbocycles. The molecule has 7 heteroatoms. The second-order valence-electron chi connectivity index (χ2n) is 4.90. The Hall–Kier alpha value is -1.92. The molecule has 1 fully saturated rings. The van der Waals surface area contributed by atoms with Crippen LogP contribution in [0.5, 0.6) is 0 Å². The van der Waals surface area contributed by atoms with Crippen molar-refractivity contribution in [3.8, 4) is 0 Å². The summed E-state index contributed by atoms with van der Waals surface area (Å²) in [6, 6.07) is 0.299. The smallest absolute Gasteiger partial charge is 0.306 e. The number of aromatic nitrogens is 2. The Morgan fingerprint density at radius 1 is 1.58 bits per heavy atom. The van der Waals surface area contributed by atoms with Crippen LogP contribution in [0.3, 0.4) is 0 Å². The summed E-state index contributed by atoms with van der Waals surface area (Å²) in [4.78, 5) is 24.0. The van der Waals surface area contributed by atoms with Gasteiger partial charge in [0.1, 0.15) is 12.4 Å². The van der Waals surface area contributed by atoms with E-state index < -0.39 is 4.92 Å². The van der Waals surface area contributed by atoms with Crippen LogP contribution in [0, 0.1) is 10.1 Å². The number of nitrogens with zero attached hydrogens (tertiary/aromatic N) is 4. The molecule has 0 N–H and O–H groups in total. The number of hydrogen-bond acceptors (Lipinski definition) is 4. The Kier molecular flexibility index (Phi) is 4.13. The van der Waals surface area contributed by atoms with Gasteiger partial charge in [-0.05, 0) is 26.2 Å². The monoisotopic (exact) mass is 266 g/mol. The molecule has 0 saturated carbocycles. The lowest BCUT2D eigenvalue weighted by Gasteiger charge is -2.33. The van der Waals surface area contributed by atoms with E-state index in [0.29, 0.717) is 19.0 Å². The molecule has 0 aromatic carbocycles. The molecule has 104 valence electrons. The van der Waals surface area contributed by atoms with Crippen molar-refractivity contribution in [3.63, 3.8) is 0 Å². The quantitative estimate of drug-likeness (QED) is 0.612. The molecule has 0 unspecified atom stereocenters. The second kappa shape index (κ2) is 5.81. The molecule has 1 amide bonds. The number of piperidine rings is 1. The minimum atomic E-state index is -0.488. The van der Waals surface area contributed by atoms with E-state index in [1.165, 1.54) is 23.5 Å². The fourth-order valence-electron chi connectivity index (χ4n) is 2.39. The number of carbonyl (C=O) groups excluding carboxylic acids is 1. The van der Waals surface area contributed by atoms with Gasteiger partial charge in [0.05, 0.1) is 4.92 Å². The summed E-state index contributed by atoms with van der Waals surface area (Å²) in [7, 11) is 0. The number of amides is 1. The summed E-state index contributed by atoms with van der Waals surface area (Å²) in [5.74, 6) is 0.102.